The third-order valence-electron chi connectivity index (χ3n) is 2.26. The highest BCUT2D eigenvalue weighted by Gasteiger charge is 2.20. The maximum atomic E-state index is 13.3. The second-order valence-corrected chi connectivity index (χ2v) is 3.79. The van der Waals surface area contributed by atoms with E-state index in [1.165, 1.54) is 13.0 Å². The van der Waals surface area contributed by atoms with Gasteiger partial charge in [-0.1, -0.05) is 6.08 Å². The fourth-order valence-electron chi connectivity index (χ4n) is 1.26. The van der Waals surface area contributed by atoms with Gasteiger partial charge in [-0.3, -0.25) is 4.79 Å². The third-order valence-corrected chi connectivity index (χ3v) is 2.26. The van der Waals surface area contributed by atoms with Crippen molar-refractivity contribution in [2.24, 2.45) is 0 Å². The summed E-state index contributed by atoms with van der Waals surface area (Å²) in [5.41, 5.74) is -0.539. The van der Waals surface area contributed by atoms with E-state index in [4.69, 9.17) is 4.74 Å². The maximum Gasteiger partial charge on any atom is 0.331 e. The Bertz CT molecular complexity index is 558. The summed E-state index contributed by atoms with van der Waals surface area (Å²) in [6, 6.07) is 1.54. The number of ether oxygens (including phenoxy) is 1. The highest BCUT2D eigenvalue weighted by molar-refractivity contribution is 5.96. The predicted molar refractivity (Wildman–Crippen MR) is 65.3 cm³/mol. The van der Waals surface area contributed by atoms with Gasteiger partial charge in [-0.05, 0) is 26.0 Å². The summed E-state index contributed by atoms with van der Waals surface area (Å²) < 4.78 is 43.7. The van der Waals surface area contributed by atoms with Crippen molar-refractivity contribution in [3.05, 3.63) is 41.7 Å². The van der Waals surface area contributed by atoms with E-state index in [-0.39, 0.29) is 0 Å². The van der Waals surface area contributed by atoms with Crippen molar-refractivity contribution in [1.82, 2.24) is 0 Å². The number of amides is 1. The number of carbonyl (C=O) groups is 2. The van der Waals surface area contributed by atoms with Crippen molar-refractivity contribution in [2.45, 2.75) is 20.0 Å². The summed E-state index contributed by atoms with van der Waals surface area (Å²) in [4.78, 5) is 22.7. The number of carbonyl (C=O) groups excluding carboxylic acids is 2. The van der Waals surface area contributed by atoms with Crippen molar-refractivity contribution in [2.75, 3.05) is 5.32 Å². The topological polar surface area (TPSA) is 55.4 Å². The highest BCUT2D eigenvalue weighted by atomic mass is 19.2. The minimum absolute atomic E-state index is 0.539. The zero-order valence-electron chi connectivity index (χ0n) is 10.7. The van der Waals surface area contributed by atoms with E-state index in [1.807, 2.05) is 5.32 Å². The SMILES string of the molecule is C/C=C/C(=O)O[C@@H](C)C(=O)Nc1ccc(F)c(F)c1F. The van der Waals surface area contributed by atoms with Crippen LogP contribution in [0, 0.1) is 17.5 Å². The standard InChI is InChI=1S/C13H12F3NO3/c1-3-4-10(18)20-7(2)13(19)17-9-6-5-8(14)11(15)12(9)16/h3-7H,1-2H3,(H,17,19)/b4-3+/t7-/m0/s1. The van der Waals surface area contributed by atoms with Crippen molar-refractivity contribution in [3.63, 3.8) is 0 Å². The average molecular weight is 287 g/mol. The summed E-state index contributed by atoms with van der Waals surface area (Å²) in [5.74, 6) is -6.20. The van der Waals surface area contributed by atoms with Crippen LogP contribution in [0.1, 0.15) is 13.8 Å². The van der Waals surface area contributed by atoms with Gasteiger partial charge in [0, 0.05) is 6.08 Å². The Hall–Kier alpha value is -2.31. The maximum absolute atomic E-state index is 13.3. The molecule has 108 valence electrons. The van der Waals surface area contributed by atoms with Gasteiger partial charge in [0.25, 0.3) is 5.91 Å². The van der Waals surface area contributed by atoms with Crippen LogP contribution in [-0.4, -0.2) is 18.0 Å². The van der Waals surface area contributed by atoms with Crippen molar-refractivity contribution < 1.29 is 27.5 Å². The quantitative estimate of drug-likeness (QED) is 0.526. The molecule has 0 saturated carbocycles. The zero-order chi connectivity index (χ0) is 15.3. The van der Waals surface area contributed by atoms with Crippen LogP contribution in [0.15, 0.2) is 24.3 Å². The second-order valence-electron chi connectivity index (χ2n) is 3.79. The van der Waals surface area contributed by atoms with Crippen LogP contribution in [0.2, 0.25) is 0 Å². The number of nitrogens with one attached hydrogen (secondary N) is 1. The Morgan fingerprint density at radius 2 is 1.90 bits per heavy atom. The van der Waals surface area contributed by atoms with Crippen LogP contribution in [0.3, 0.4) is 0 Å². The van der Waals surface area contributed by atoms with Crippen LogP contribution < -0.4 is 5.32 Å². The Morgan fingerprint density at radius 1 is 1.25 bits per heavy atom. The van der Waals surface area contributed by atoms with E-state index < -0.39 is 41.1 Å². The van der Waals surface area contributed by atoms with Crippen LogP contribution >= 0.6 is 0 Å². The lowest BCUT2D eigenvalue weighted by atomic mass is 10.2. The van der Waals surface area contributed by atoms with E-state index in [0.29, 0.717) is 6.07 Å². The van der Waals surface area contributed by atoms with Crippen molar-refractivity contribution in [3.8, 4) is 0 Å². The van der Waals surface area contributed by atoms with E-state index in [1.54, 1.807) is 6.92 Å². The van der Waals surface area contributed by atoms with Crippen LogP contribution in [-0.2, 0) is 14.3 Å². The summed E-state index contributed by atoms with van der Waals surface area (Å²) in [6.07, 6.45) is 1.30. The number of allylic oxidation sites excluding steroid dienone is 1. The molecule has 0 aliphatic rings. The molecule has 0 heterocycles. The fraction of sp³-hybridized carbons (Fsp3) is 0.231. The first-order valence-electron chi connectivity index (χ1n) is 5.64. The Kier molecular flexibility index (Phi) is 5.31. The van der Waals surface area contributed by atoms with E-state index in [2.05, 4.69) is 0 Å². The van der Waals surface area contributed by atoms with Gasteiger partial charge in [0.2, 0.25) is 0 Å². The first kappa shape index (κ1) is 15.7. The smallest absolute Gasteiger partial charge is 0.331 e. The Labute approximate surface area is 113 Å². The number of hydrogen-bond acceptors (Lipinski definition) is 3. The van der Waals surface area contributed by atoms with Gasteiger partial charge in [0.15, 0.2) is 23.6 Å². The summed E-state index contributed by atoms with van der Waals surface area (Å²) in [5, 5.41) is 2.00. The lowest BCUT2D eigenvalue weighted by Gasteiger charge is -2.13. The van der Waals surface area contributed by atoms with Crippen LogP contribution in [0.4, 0.5) is 18.9 Å². The molecule has 20 heavy (non-hydrogen) atoms. The van der Waals surface area contributed by atoms with Gasteiger partial charge in [-0.15, -0.1) is 0 Å². The number of hydrogen-bond donors (Lipinski definition) is 1. The Morgan fingerprint density at radius 3 is 2.50 bits per heavy atom. The molecular weight excluding hydrogens is 275 g/mol. The number of benzene rings is 1. The zero-order valence-corrected chi connectivity index (χ0v) is 10.7. The predicted octanol–water partition coefficient (Wildman–Crippen LogP) is 2.55. The molecule has 1 aromatic carbocycles. The molecule has 0 saturated heterocycles. The monoisotopic (exact) mass is 287 g/mol. The molecule has 0 unspecified atom stereocenters. The minimum atomic E-state index is -1.69. The molecular formula is C13H12F3NO3. The molecule has 0 radical (unpaired) electrons. The lowest BCUT2D eigenvalue weighted by molar-refractivity contribution is -0.148. The van der Waals surface area contributed by atoms with Gasteiger partial charge in [-0.25, -0.2) is 18.0 Å². The van der Waals surface area contributed by atoms with Crippen LogP contribution in [0.25, 0.3) is 0 Å². The van der Waals surface area contributed by atoms with Crippen molar-refractivity contribution >= 4 is 17.6 Å². The van der Waals surface area contributed by atoms with E-state index in [0.717, 1.165) is 12.1 Å². The Balaban J connectivity index is 2.76. The number of anilines is 1. The number of esters is 1. The molecule has 0 bridgehead atoms. The normalized spacial score (nSPS) is 12.2. The van der Waals surface area contributed by atoms with Crippen LogP contribution in [0.5, 0.6) is 0 Å². The number of rotatable bonds is 4. The van der Waals surface area contributed by atoms with Gasteiger partial charge in [-0.2, -0.15) is 0 Å². The summed E-state index contributed by atoms with van der Waals surface area (Å²) in [6.45, 7) is 2.84. The first-order valence-corrected chi connectivity index (χ1v) is 5.64. The fourth-order valence-corrected chi connectivity index (χ4v) is 1.26. The average Bonchev–Trinajstić information content (AvgIpc) is 2.39. The lowest BCUT2D eigenvalue weighted by Crippen LogP contribution is -2.29. The molecule has 0 aliphatic heterocycles. The number of halogens is 3. The molecule has 1 rings (SSSR count). The highest BCUT2D eigenvalue weighted by Crippen LogP contribution is 2.19. The van der Waals surface area contributed by atoms with Gasteiger partial charge >= 0.3 is 5.97 Å². The molecule has 1 aromatic rings. The minimum Gasteiger partial charge on any atom is -0.449 e. The molecule has 0 spiro atoms. The molecule has 1 amide bonds. The molecule has 0 fully saturated rings. The molecule has 0 aliphatic carbocycles. The van der Waals surface area contributed by atoms with E-state index >= 15 is 0 Å². The van der Waals surface area contributed by atoms with Gasteiger partial charge < -0.3 is 10.1 Å². The third kappa shape index (κ3) is 3.84. The largest absolute Gasteiger partial charge is 0.449 e. The molecule has 1 atom stereocenters. The second kappa shape index (κ2) is 6.74. The summed E-state index contributed by atoms with van der Waals surface area (Å²) >= 11 is 0. The van der Waals surface area contributed by atoms with E-state index in [9.17, 15) is 22.8 Å². The first-order chi connectivity index (χ1) is 9.36. The van der Waals surface area contributed by atoms with Crippen molar-refractivity contribution in [1.29, 1.82) is 0 Å². The molecule has 1 N–H and O–H groups in total. The molecule has 4 nitrogen and oxygen atoms in total. The van der Waals surface area contributed by atoms with Gasteiger partial charge in [0.05, 0.1) is 5.69 Å². The molecule has 0 aromatic heterocycles. The molecule has 7 heteroatoms. The van der Waals surface area contributed by atoms with Gasteiger partial charge in [0.1, 0.15) is 0 Å². The summed E-state index contributed by atoms with van der Waals surface area (Å²) in [7, 11) is 0.